The fourth-order valence-electron chi connectivity index (χ4n) is 1.71. The molecular weight excluding hydrogens is 200 g/mol. The van der Waals surface area contributed by atoms with E-state index in [0.717, 1.165) is 0 Å². The standard InChI is InChI=1S/C13H15OSi/c1-4-13(5-2,10-14-15)12-9-7-6-8-11(12)3/h4-9H,1-2,10H2,3H3. The highest BCUT2D eigenvalue weighted by molar-refractivity contribution is 5.98. The van der Waals surface area contributed by atoms with Crippen LogP contribution in [0.2, 0.25) is 0 Å². The molecule has 0 heterocycles. The van der Waals surface area contributed by atoms with Gasteiger partial charge in [0.25, 0.3) is 0 Å². The van der Waals surface area contributed by atoms with Gasteiger partial charge in [-0.15, -0.1) is 13.2 Å². The maximum absolute atomic E-state index is 5.06. The second-order valence-corrected chi connectivity index (χ2v) is 3.84. The Morgan fingerprint density at radius 1 is 1.33 bits per heavy atom. The molecule has 0 atom stereocenters. The molecule has 0 aromatic heterocycles. The molecule has 0 amide bonds. The van der Waals surface area contributed by atoms with Gasteiger partial charge in [0.2, 0.25) is 10.5 Å². The van der Waals surface area contributed by atoms with Crippen LogP contribution in [0.1, 0.15) is 11.1 Å². The lowest BCUT2D eigenvalue weighted by Crippen LogP contribution is -2.27. The van der Waals surface area contributed by atoms with Crippen molar-refractivity contribution in [2.24, 2.45) is 0 Å². The van der Waals surface area contributed by atoms with Crippen molar-refractivity contribution >= 4 is 10.5 Å². The summed E-state index contributed by atoms with van der Waals surface area (Å²) in [5, 5.41) is 0. The molecule has 0 saturated heterocycles. The van der Waals surface area contributed by atoms with E-state index in [9.17, 15) is 0 Å². The van der Waals surface area contributed by atoms with Gasteiger partial charge < -0.3 is 4.43 Å². The quantitative estimate of drug-likeness (QED) is 0.542. The molecule has 1 aromatic carbocycles. The van der Waals surface area contributed by atoms with Gasteiger partial charge in [-0.25, -0.2) is 0 Å². The molecule has 0 bridgehead atoms. The highest BCUT2D eigenvalue weighted by Crippen LogP contribution is 2.29. The zero-order valence-corrected chi connectivity index (χ0v) is 9.99. The summed E-state index contributed by atoms with van der Waals surface area (Å²) in [6, 6.07) is 8.18. The Morgan fingerprint density at radius 2 is 1.93 bits per heavy atom. The van der Waals surface area contributed by atoms with Gasteiger partial charge in [-0.2, -0.15) is 0 Å². The third-order valence-electron chi connectivity index (χ3n) is 2.69. The average molecular weight is 215 g/mol. The smallest absolute Gasteiger partial charge is 0.246 e. The molecule has 1 rings (SSSR count). The van der Waals surface area contributed by atoms with E-state index in [-0.39, 0.29) is 5.41 Å². The van der Waals surface area contributed by atoms with E-state index in [4.69, 9.17) is 4.43 Å². The molecule has 0 spiro atoms. The Labute approximate surface area is 95.0 Å². The number of hydrogen-bond donors (Lipinski definition) is 0. The summed E-state index contributed by atoms with van der Waals surface area (Å²) in [7, 11) is 3.04. The molecule has 1 nitrogen and oxygen atoms in total. The molecule has 0 aliphatic carbocycles. The van der Waals surface area contributed by atoms with Crippen molar-refractivity contribution in [1.29, 1.82) is 0 Å². The molecule has 0 aliphatic rings. The minimum absolute atomic E-state index is 0.326. The van der Waals surface area contributed by atoms with Crippen molar-refractivity contribution in [3.05, 3.63) is 60.7 Å². The molecule has 0 fully saturated rings. The van der Waals surface area contributed by atoms with Crippen LogP contribution in [0.4, 0.5) is 0 Å². The van der Waals surface area contributed by atoms with E-state index in [1.165, 1.54) is 11.1 Å². The molecule has 0 N–H and O–H groups in total. The van der Waals surface area contributed by atoms with Crippen LogP contribution in [0.3, 0.4) is 0 Å². The van der Waals surface area contributed by atoms with Crippen LogP contribution in [-0.2, 0) is 9.84 Å². The van der Waals surface area contributed by atoms with Gasteiger partial charge >= 0.3 is 0 Å². The van der Waals surface area contributed by atoms with Gasteiger partial charge in [0.1, 0.15) is 0 Å². The van der Waals surface area contributed by atoms with Crippen molar-refractivity contribution in [1.82, 2.24) is 0 Å². The van der Waals surface area contributed by atoms with Crippen LogP contribution in [0.25, 0.3) is 0 Å². The molecule has 3 radical (unpaired) electrons. The molecule has 0 unspecified atom stereocenters. The maximum atomic E-state index is 5.06. The van der Waals surface area contributed by atoms with Crippen LogP contribution >= 0.6 is 0 Å². The van der Waals surface area contributed by atoms with E-state index in [1.807, 2.05) is 24.3 Å². The zero-order chi connectivity index (χ0) is 11.3. The Bertz CT molecular complexity index is 349. The monoisotopic (exact) mass is 215 g/mol. The summed E-state index contributed by atoms with van der Waals surface area (Å²) >= 11 is 0. The van der Waals surface area contributed by atoms with Crippen LogP contribution in [0.5, 0.6) is 0 Å². The molecule has 0 aliphatic heterocycles. The second kappa shape index (κ2) is 5.10. The Morgan fingerprint density at radius 3 is 2.40 bits per heavy atom. The summed E-state index contributed by atoms with van der Waals surface area (Å²) in [4.78, 5) is 0. The fraction of sp³-hybridized carbons (Fsp3) is 0.231. The van der Waals surface area contributed by atoms with E-state index < -0.39 is 0 Å². The topological polar surface area (TPSA) is 9.23 Å². The Balaban J connectivity index is 3.25. The largest absolute Gasteiger partial charge is 0.417 e. The summed E-state index contributed by atoms with van der Waals surface area (Å²) in [5.41, 5.74) is 2.06. The lowest BCUT2D eigenvalue weighted by molar-refractivity contribution is 0.299. The minimum Gasteiger partial charge on any atom is -0.417 e. The molecule has 1 aromatic rings. The highest BCUT2D eigenvalue weighted by atomic mass is 28.2. The summed E-state index contributed by atoms with van der Waals surface area (Å²) in [5.74, 6) is 0. The van der Waals surface area contributed by atoms with Crippen molar-refractivity contribution in [2.75, 3.05) is 6.61 Å². The summed E-state index contributed by atoms with van der Waals surface area (Å²) in [6.07, 6.45) is 3.73. The van der Waals surface area contributed by atoms with E-state index in [1.54, 1.807) is 0 Å². The van der Waals surface area contributed by atoms with Crippen molar-refractivity contribution < 1.29 is 4.43 Å². The van der Waals surface area contributed by atoms with Gasteiger partial charge in [0.05, 0.1) is 5.41 Å². The molecule has 2 heteroatoms. The first-order valence-electron chi connectivity index (χ1n) is 4.82. The zero-order valence-electron chi connectivity index (χ0n) is 8.99. The first-order chi connectivity index (χ1) is 7.20. The first kappa shape index (κ1) is 11.9. The maximum Gasteiger partial charge on any atom is 0.246 e. The number of aryl methyl sites for hydroxylation is 1. The van der Waals surface area contributed by atoms with E-state index in [0.29, 0.717) is 6.61 Å². The minimum atomic E-state index is -0.326. The van der Waals surface area contributed by atoms with E-state index >= 15 is 0 Å². The Kier molecular flexibility index (Phi) is 4.06. The van der Waals surface area contributed by atoms with Crippen LogP contribution in [0.15, 0.2) is 49.6 Å². The van der Waals surface area contributed by atoms with Crippen LogP contribution < -0.4 is 0 Å². The summed E-state index contributed by atoms with van der Waals surface area (Å²) in [6.45, 7) is 10.3. The van der Waals surface area contributed by atoms with Gasteiger partial charge in [-0.3, -0.25) is 0 Å². The van der Waals surface area contributed by atoms with Crippen LogP contribution in [-0.4, -0.2) is 17.1 Å². The van der Waals surface area contributed by atoms with Crippen LogP contribution in [0, 0.1) is 6.92 Å². The lowest BCUT2D eigenvalue weighted by Gasteiger charge is -2.28. The third kappa shape index (κ3) is 2.28. The predicted molar refractivity (Wildman–Crippen MR) is 65.0 cm³/mol. The van der Waals surface area contributed by atoms with Crippen molar-refractivity contribution in [2.45, 2.75) is 12.3 Å². The first-order valence-corrected chi connectivity index (χ1v) is 5.23. The Hall–Kier alpha value is -1.12. The predicted octanol–water partition coefficient (Wildman–Crippen LogP) is 2.70. The lowest BCUT2D eigenvalue weighted by atomic mass is 9.79. The number of benzene rings is 1. The molecule has 15 heavy (non-hydrogen) atoms. The SMILES string of the molecule is C=CC(C=C)(CO[Si])c1ccccc1C. The van der Waals surface area contributed by atoms with Crippen molar-refractivity contribution in [3.63, 3.8) is 0 Å². The second-order valence-electron chi connectivity index (χ2n) is 3.55. The highest BCUT2D eigenvalue weighted by Gasteiger charge is 2.26. The van der Waals surface area contributed by atoms with Gasteiger partial charge in [0, 0.05) is 6.61 Å². The number of rotatable bonds is 5. The average Bonchev–Trinajstić information content (AvgIpc) is 2.27. The summed E-state index contributed by atoms with van der Waals surface area (Å²) < 4.78 is 5.06. The normalized spacial score (nSPS) is 11.1. The van der Waals surface area contributed by atoms with E-state index in [2.05, 4.69) is 42.7 Å². The fourth-order valence-corrected chi connectivity index (χ4v) is 1.95. The molecule has 0 saturated carbocycles. The third-order valence-corrected chi connectivity index (χ3v) is 2.83. The van der Waals surface area contributed by atoms with Gasteiger partial charge in [-0.05, 0) is 18.1 Å². The molecule has 77 valence electrons. The van der Waals surface area contributed by atoms with Gasteiger partial charge in [-0.1, -0.05) is 36.4 Å². The van der Waals surface area contributed by atoms with Gasteiger partial charge in [0.15, 0.2) is 0 Å². The van der Waals surface area contributed by atoms with Crippen molar-refractivity contribution in [3.8, 4) is 0 Å². The molecular formula is C13H15OSi. The number of hydrogen-bond acceptors (Lipinski definition) is 1.